The number of rotatable bonds is 0. The summed E-state index contributed by atoms with van der Waals surface area (Å²) in [4.78, 5) is 0. The van der Waals surface area contributed by atoms with Crippen molar-refractivity contribution in [3.8, 4) is 0 Å². The van der Waals surface area contributed by atoms with E-state index in [9.17, 15) is 0 Å². The predicted octanol–water partition coefficient (Wildman–Crippen LogP) is -1.85. The van der Waals surface area contributed by atoms with Crippen LogP contribution in [0.15, 0.2) is 0 Å². The zero-order valence-electron chi connectivity index (χ0n) is 2.49. The van der Waals surface area contributed by atoms with Crippen LogP contribution in [-0.4, -0.2) is 10.4 Å². The standard InChI is InChI=1S/ClH.H6N2Si/c;1-2-3/h1H;2H,1H2,3H3. The largest absolute Gasteiger partial charge is 0.292 e. The molecule has 0 radical (unpaired) electrons. The average Bonchev–Trinajstić information content (AvgIpc) is 0.918. The van der Waals surface area contributed by atoms with Gasteiger partial charge >= 0.3 is 0 Å². The highest BCUT2D eigenvalue weighted by Crippen LogP contribution is 0.746. The van der Waals surface area contributed by atoms with Crippen LogP contribution in [0.5, 0.6) is 0 Å². The smallest absolute Gasteiger partial charge is 0.0938 e. The molecule has 0 saturated heterocycles. The minimum Gasteiger partial charge on any atom is -0.292 e. The van der Waals surface area contributed by atoms with E-state index in [-0.39, 0.29) is 12.4 Å². The van der Waals surface area contributed by atoms with Crippen molar-refractivity contribution in [2.75, 3.05) is 0 Å². The molecule has 0 aliphatic heterocycles. The second-order valence-corrected chi connectivity index (χ2v) is 0.866. The van der Waals surface area contributed by atoms with Gasteiger partial charge in [-0.3, -0.25) is 10.9 Å². The summed E-state index contributed by atoms with van der Waals surface area (Å²) in [7, 11) is 0.897. The molecule has 0 aromatic heterocycles. The molecular formula is H7ClN2Si. The van der Waals surface area contributed by atoms with E-state index in [1.54, 1.807) is 0 Å². The number of nitrogens with one attached hydrogen (secondary N) is 1. The molecule has 4 heavy (non-hydrogen) atoms. The minimum atomic E-state index is 0. The summed E-state index contributed by atoms with van der Waals surface area (Å²) >= 11 is 0. The van der Waals surface area contributed by atoms with Crippen LogP contribution in [0.25, 0.3) is 0 Å². The van der Waals surface area contributed by atoms with Crippen LogP contribution in [-0.2, 0) is 0 Å². The van der Waals surface area contributed by atoms with E-state index in [4.69, 9.17) is 0 Å². The summed E-state index contributed by atoms with van der Waals surface area (Å²) in [6.07, 6.45) is 0. The van der Waals surface area contributed by atoms with Gasteiger partial charge in [-0.1, -0.05) is 0 Å². The van der Waals surface area contributed by atoms with Crippen molar-refractivity contribution in [3.05, 3.63) is 0 Å². The quantitative estimate of drug-likeness (QED) is 0.212. The summed E-state index contributed by atoms with van der Waals surface area (Å²) in [5, 5.41) is 2.39. The lowest BCUT2D eigenvalue weighted by molar-refractivity contribution is 1.10. The van der Waals surface area contributed by atoms with Crippen LogP contribution < -0.4 is 10.9 Å². The van der Waals surface area contributed by atoms with Crippen LogP contribution in [0.2, 0.25) is 0 Å². The van der Waals surface area contributed by atoms with Gasteiger partial charge in [-0.2, -0.15) is 0 Å². The van der Waals surface area contributed by atoms with E-state index in [1.165, 1.54) is 0 Å². The molecule has 0 aromatic carbocycles. The molecule has 0 unspecified atom stereocenters. The van der Waals surface area contributed by atoms with Crippen molar-refractivity contribution in [3.63, 3.8) is 0 Å². The van der Waals surface area contributed by atoms with Crippen LogP contribution in [0.4, 0.5) is 0 Å². The molecule has 0 rings (SSSR count). The van der Waals surface area contributed by atoms with Crippen molar-refractivity contribution in [2.45, 2.75) is 0 Å². The SMILES string of the molecule is Cl.NN[SiH3]. The van der Waals surface area contributed by atoms with E-state index in [0.717, 1.165) is 10.4 Å². The van der Waals surface area contributed by atoms with Crippen LogP contribution >= 0.6 is 12.4 Å². The Morgan fingerprint density at radius 3 is 1.75 bits per heavy atom. The van der Waals surface area contributed by atoms with Gasteiger partial charge < -0.3 is 0 Å². The van der Waals surface area contributed by atoms with Gasteiger partial charge in [-0.15, -0.1) is 12.4 Å². The number of nitrogens with two attached hydrogens (primary N) is 1. The van der Waals surface area contributed by atoms with Gasteiger partial charge in [0.2, 0.25) is 0 Å². The van der Waals surface area contributed by atoms with Gasteiger partial charge in [-0.05, 0) is 0 Å². The maximum atomic E-state index is 4.66. The predicted molar refractivity (Wildman–Crippen MR) is 24.5 cm³/mol. The second-order valence-electron chi connectivity index (χ2n) is 0.289. The molecule has 0 atom stereocenters. The van der Waals surface area contributed by atoms with Crippen molar-refractivity contribution < 1.29 is 0 Å². The Kier molecular flexibility index (Phi) is 21.9. The highest BCUT2D eigenvalue weighted by atomic mass is 35.5. The lowest BCUT2D eigenvalue weighted by Crippen LogP contribution is -2.15. The first-order valence-electron chi connectivity index (χ1n) is 0.789. The van der Waals surface area contributed by atoms with E-state index in [2.05, 4.69) is 10.9 Å². The second kappa shape index (κ2) is 9.91. The Labute approximate surface area is 34.6 Å². The third-order valence-corrected chi connectivity index (χ3v) is 0. The van der Waals surface area contributed by atoms with Gasteiger partial charge in [-0.25, -0.2) is 0 Å². The first kappa shape index (κ1) is 8.83. The maximum absolute atomic E-state index is 4.66. The number of hydrogen-bond acceptors (Lipinski definition) is 2. The Bertz CT molecular complexity index is 6.00. The van der Waals surface area contributed by atoms with E-state index in [0.29, 0.717) is 0 Å². The maximum Gasteiger partial charge on any atom is 0.0938 e. The average molecular weight is 98.6 g/mol. The third kappa shape index (κ3) is 27.1. The molecule has 0 fully saturated rings. The molecular weight excluding hydrogens is 91.6 g/mol. The summed E-state index contributed by atoms with van der Waals surface area (Å²) < 4.78 is 0. The zero-order chi connectivity index (χ0) is 2.71. The molecule has 0 amide bonds. The minimum absolute atomic E-state index is 0. The van der Waals surface area contributed by atoms with Crippen LogP contribution in [0.1, 0.15) is 0 Å². The molecule has 0 bridgehead atoms. The molecule has 0 heterocycles. The molecule has 0 aliphatic carbocycles. The first-order valence-corrected chi connectivity index (χ1v) is 1.79. The molecule has 0 aliphatic rings. The van der Waals surface area contributed by atoms with Crippen molar-refractivity contribution >= 4 is 22.8 Å². The van der Waals surface area contributed by atoms with E-state index >= 15 is 0 Å². The zero-order valence-corrected chi connectivity index (χ0v) is 5.30. The van der Waals surface area contributed by atoms with Crippen molar-refractivity contribution in [2.24, 2.45) is 5.84 Å². The molecule has 3 N–H and O–H groups in total. The van der Waals surface area contributed by atoms with Gasteiger partial charge in [0.05, 0.1) is 10.4 Å². The molecule has 0 spiro atoms. The Balaban J connectivity index is 0. The fourth-order valence-electron chi connectivity index (χ4n) is 0. The Morgan fingerprint density at radius 1 is 1.75 bits per heavy atom. The number of halogens is 1. The van der Waals surface area contributed by atoms with Gasteiger partial charge in [0.25, 0.3) is 0 Å². The lowest BCUT2D eigenvalue weighted by Gasteiger charge is -1.62. The Morgan fingerprint density at radius 2 is 1.75 bits per heavy atom. The number of hydrazine groups is 1. The monoisotopic (exact) mass is 98.0 g/mol. The summed E-state index contributed by atoms with van der Waals surface area (Å²) in [5.41, 5.74) is 0. The van der Waals surface area contributed by atoms with E-state index < -0.39 is 0 Å². The highest BCUT2D eigenvalue weighted by Gasteiger charge is 1.24. The Hall–Kier alpha value is 0.427. The first-order chi connectivity index (χ1) is 1.41. The highest BCUT2D eigenvalue weighted by molar-refractivity contribution is 6.03. The lowest BCUT2D eigenvalue weighted by atomic mass is 13.0. The van der Waals surface area contributed by atoms with Crippen molar-refractivity contribution in [1.29, 1.82) is 0 Å². The molecule has 4 heteroatoms. The molecule has 28 valence electrons. The van der Waals surface area contributed by atoms with Gasteiger partial charge in [0, 0.05) is 0 Å². The summed E-state index contributed by atoms with van der Waals surface area (Å²) in [6, 6.07) is 0. The fourth-order valence-corrected chi connectivity index (χ4v) is 0. The normalized spacial score (nSPS) is 5.25. The third-order valence-electron chi connectivity index (χ3n) is 0. The topological polar surface area (TPSA) is 38.0 Å². The van der Waals surface area contributed by atoms with Gasteiger partial charge in [0.1, 0.15) is 0 Å². The van der Waals surface area contributed by atoms with Crippen molar-refractivity contribution in [1.82, 2.24) is 5.09 Å². The van der Waals surface area contributed by atoms with Crippen LogP contribution in [0.3, 0.4) is 0 Å². The summed E-state index contributed by atoms with van der Waals surface area (Å²) in [5.74, 6) is 4.66. The molecule has 2 nitrogen and oxygen atoms in total. The number of hydrogen-bond donors (Lipinski definition) is 2. The molecule has 0 saturated carbocycles. The van der Waals surface area contributed by atoms with Gasteiger partial charge in [0.15, 0.2) is 0 Å². The molecule has 0 aromatic rings. The van der Waals surface area contributed by atoms with E-state index in [1.807, 2.05) is 0 Å². The van der Waals surface area contributed by atoms with Crippen LogP contribution in [0, 0.1) is 0 Å². The summed E-state index contributed by atoms with van der Waals surface area (Å²) in [6.45, 7) is 0. The fraction of sp³-hybridized carbons (Fsp3) is 0.